The van der Waals surface area contributed by atoms with Crippen LogP contribution in [0.25, 0.3) is 0 Å². The number of halogens is 2. The highest BCUT2D eigenvalue weighted by molar-refractivity contribution is 7.18. The van der Waals surface area contributed by atoms with Crippen LogP contribution in [-0.2, 0) is 6.54 Å². The molecule has 2 heterocycles. The largest absolute Gasteiger partial charge is 0.320 e. The summed E-state index contributed by atoms with van der Waals surface area (Å²) in [5, 5.41) is 11.3. The summed E-state index contributed by atoms with van der Waals surface area (Å²) in [7, 11) is 0. The molecule has 5 nitrogen and oxygen atoms in total. The molecule has 2 aromatic rings. The zero-order valence-electron chi connectivity index (χ0n) is 10.8. The number of carbonyl (C=O) groups excluding carboxylic acids is 1. The van der Waals surface area contributed by atoms with Crippen LogP contribution in [0.5, 0.6) is 0 Å². The number of nitrogens with one attached hydrogen (secondary N) is 1. The highest BCUT2D eigenvalue weighted by atomic mass is 35.5. The van der Waals surface area contributed by atoms with Crippen molar-refractivity contribution in [2.24, 2.45) is 0 Å². The predicted octanol–water partition coefficient (Wildman–Crippen LogP) is 2.85. The minimum absolute atomic E-state index is 0.155. The smallest absolute Gasteiger partial charge is 0.286 e. The summed E-state index contributed by atoms with van der Waals surface area (Å²) in [5.74, 6) is -1.47. The van der Waals surface area contributed by atoms with E-state index in [1.807, 2.05) is 6.07 Å². The molecule has 2 aromatic heterocycles. The quantitative estimate of drug-likeness (QED) is 0.942. The van der Waals surface area contributed by atoms with Gasteiger partial charge in [-0.1, -0.05) is 11.6 Å². The third kappa shape index (κ3) is 3.12. The normalized spacial score (nSPS) is 10.2. The second kappa shape index (κ2) is 6.08. The lowest BCUT2D eigenvalue weighted by atomic mass is 10.3. The minimum Gasteiger partial charge on any atom is -0.320 e. The van der Waals surface area contributed by atoms with Crippen LogP contribution in [-0.4, -0.2) is 10.5 Å². The SMILES string of the molecule is CCn1cc(NC(=O)c2cc(C#N)c(Cl)s2)cc(F)c1=O. The van der Waals surface area contributed by atoms with E-state index < -0.39 is 17.3 Å². The first-order valence-electron chi connectivity index (χ1n) is 5.87. The number of carbonyl (C=O) groups is 1. The summed E-state index contributed by atoms with van der Waals surface area (Å²) in [6.07, 6.45) is 1.35. The van der Waals surface area contributed by atoms with Gasteiger partial charge in [0, 0.05) is 18.8 Å². The summed E-state index contributed by atoms with van der Waals surface area (Å²) in [4.78, 5) is 23.7. The number of pyridine rings is 1. The van der Waals surface area contributed by atoms with Crippen molar-refractivity contribution in [1.29, 1.82) is 5.26 Å². The molecule has 0 aliphatic heterocycles. The van der Waals surface area contributed by atoms with E-state index in [1.165, 1.54) is 12.3 Å². The highest BCUT2D eigenvalue weighted by Gasteiger charge is 2.15. The Bertz CT molecular complexity index is 807. The van der Waals surface area contributed by atoms with Crippen molar-refractivity contribution in [2.75, 3.05) is 5.32 Å². The van der Waals surface area contributed by atoms with Gasteiger partial charge in [-0.25, -0.2) is 4.39 Å². The van der Waals surface area contributed by atoms with E-state index in [0.717, 1.165) is 22.0 Å². The van der Waals surface area contributed by atoms with Crippen LogP contribution >= 0.6 is 22.9 Å². The Labute approximate surface area is 128 Å². The number of rotatable bonds is 3. The molecule has 21 heavy (non-hydrogen) atoms. The third-order valence-corrected chi connectivity index (χ3v) is 4.03. The fourth-order valence-electron chi connectivity index (χ4n) is 1.65. The van der Waals surface area contributed by atoms with E-state index >= 15 is 0 Å². The zero-order chi connectivity index (χ0) is 15.6. The first-order valence-corrected chi connectivity index (χ1v) is 7.06. The number of aromatic nitrogens is 1. The number of nitrogens with zero attached hydrogens (tertiary/aromatic N) is 2. The molecule has 1 amide bonds. The van der Waals surface area contributed by atoms with Crippen molar-refractivity contribution >= 4 is 34.5 Å². The molecule has 0 saturated heterocycles. The van der Waals surface area contributed by atoms with Gasteiger partial charge in [-0.3, -0.25) is 9.59 Å². The van der Waals surface area contributed by atoms with E-state index in [1.54, 1.807) is 6.92 Å². The molecule has 0 saturated carbocycles. The van der Waals surface area contributed by atoms with Gasteiger partial charge < -0.3 is 9.88 Å². The molecule has 0 spiro atoms. The Morgan fingerprint density at radius 1 is 1.57 bits per heavy atom. The zero-order valence-corrected chi connectivity index (χ0v) is 12.4. The summed E-state index contributed by atoms with van der Waals surface area (Å²) < 4.78 is 14.8. The van der Waals surface area contributed by atoms with Crippen molar-refractivity contribution < 1.29 is 9.18 Å². The van der Waals surface area contributed by atoms with Crippen molar-refractivity contribution in [3.8, 4) is 6.07 Å². The molecule has 0 aromatic carbocycles. The Kier molecular flexibility index (Phi) is 4.40. The molecule has 0 radical (unpaired) electrons. The van der Waals surface area contributed by atoms with Crippen LogP contribution < -0.4 is 10.9 Å². The Balaban J connectivity index is 2.29. The van der Waals surface area contributed by atoms with E-state index in [0.29, 0.717) is 0 Å². The molecular formula is C13H9ClFN3O2S. The van der Waals surface area contributed by atoms with E-state index in [2.05, 4.69) is 5.32 Å². The molecule has 0 atom stereocenters. The molecular weight excluding hydrogens is 317 g/mol. The van der Waals surface area contributed by atoms with Crippen LogP contribution in [0.15, 0.2) is 23.1 Å². The first kappa shape index (κ1) is 15.2. The van der Waals surface area contributed by atoms with Gasteiger partial charge in [0.1, 0.15) is 10.4 Å². The molecule has 0 aliphatic carbocycles. The lowest BCUT2D eigenvalue weighted by molar-refractivity contribution is 0.103. The van der Waals surface area contributed by atoms with E-state index in [9.17, 15) is 14.0 Å². The second-order valence-corrected chi connectivity index (χ2v) is 5.69. The number of aryl methyl sites for hydroxylation is 1. The van der Waals surface area contributed by atoms with Crippen LogP contribution in [0.2, 0.25) is 4.34 Å². The third-order valence-electron chi connectivity index (χ3n) is 2.67. The topological polar surface area (TPSA) is 74.9 Å². The fourth-order valence-corrected chi connectivity index (χ4v) is 2.73. The number of anilines is 1. The van der Waals surface area contributed by atoms with E-state index in [-0.39, 0.29) is 27.0 Å². The molecule has 0 bridgehead atoms. The summed E-state index contributed by atoms with van der Waals surface area (Å²) in [6, 6.07) is 4.17. The van der Waals surface area contributed by atoms with Gasteiger partial charge in [0.15, 0.2) is 5.82 Å². The van der Waals surface area contributed by atoms with Gasteiger partial charge in [-0.2, -0.15) is 5.26 Å². The van der Waals surface area contributed by atoms with Crippen LogP contribution in [0.4, 0.5) is 10.1 Å². The predicted molar refractivity (Wildman–Crippen MR) is 78.3 cm³/mol. The van der Waals surface area contributed by atoms with Crippen molar-refractivity contribution in [2.45, 2.75) is 13.5 Å². The molecule has 8 heteroatoms. The van der Waals surface area contributed by atoms with Crippen molar-refractivity contribution in [1.82, 2.24) is 4.57 Å². The average molecular weight is 326 g/mol. The minimum atomic E-state index is -0.948. The van der Waals surface area contributed by atoms with Crippen LogP contribution in [0.3, 0.4) is 0 Å². The summed E-state index contributed by atoms with van der Waals surface area (Å²) in [6.45, 7) is 1.97. The van der Waals surface area contributed by atoms with Gasteiger partial charge >= 0.3 is 0 Å². The molecule has 0 fully saturated rings. The average Bonchev–Trinajstić information content (AvgIpc) is 2.83. The number of thiophene rings is 1. The van der Waals surface area contributed by atoms with Crippen LogP contribution in [0, 0.1) is 17.1 Å². The maximum absolute atomic E-state index is 13.5. The number of hydrogen-bond donors (Lipinski definition) is 1. The Hall–Kier alpha value is -2.17. The summed E-state index contributed by atoms with van der Waals surface area (Å²) >= 11 is 6.75. The molecule has 2 rings (SSSR count). The number of amides is 1. The number of hydrogen-bond acceptors (Lipinski definition) is 4. The van der Waals surface area contributed by atoms with E-state index in [4.69, 9.17) is 16.9 Å². The standard InChI is InChI=1S/C13H9ClFN3O2S/c1-2-18-6-8(4-9(15)13(18)20)17-12(19)10-3-7(5-16)11(14)21-10/h3-4,6H,2H2,1H3,(H,17,19). The van der Waals surface area contributed by atoms with Crippen molar-refractivity contribution in [3.05, 3.63) is 49.3 Å². The lowest BCUT2D eigenvalue weighted by Crippen LogP contribution is -2.23. The maximum Gasteiger partial charge on any atom is 0.286 e. The van der Waals surface area contributed by atoms with Crippen LogP contribution in [0.1, 0.15) is 22.2 Å². The Morgan fingerprint density at radius 2 is 2.29 bits per heavy atom. The van der Waals surface area contributed by atoms with Gasteiger partial charge in [-0.15, -0.1) is 11.3 Å². The molecule has 0 unspecified atom stereocenters. The molecule has 0 aliphatic rings. The Morgan fingerprint density at radius 3 is 2.86 bits per heavy atom. The monoisotopic (exact) mass is 325 g/mol. The van der Waals surface area contributed by atoms with Gasteiger partial charge in [0.05, 0.1) is 16.1 Å². The lowest BCUT2D eigenvalue weighted by Gasteiger charge is -2.07. The molecule has 1 N–H and O–H groups in total. The van der Waals surface area contributed by atoms with Crippen molar-refractivity contribution in [3.63, 3.8) is 0 Å². The van der Waals surface area contributed by atoms with Gasteiger partial charge in [0.2, 0.25) is 0 Å². The molecule has 108 valence electrons. The van der Waals surface area contributed by atoms with Gasteiger partial charge in [-0.05, 0) is 13.0 Å². The second-order valence-electron chi connectivity index (χ2n) is 4.03. The summed E-state index contributed by atoms with van der Waals surface area (Å²) in [5.41, 5.74) is -0.389. The highest BCUT2D eigenvalue weighted by Crippen LogP contribution is 2.27. The van der Waals surface area contributed by atoms with Gasteiger partial charge in [0.25, 0.3) is 11.5 Å². The number of nitriles is 1. The fraction of sp³-hybridized carbons (Fsp3) is 0.154. The first-order chi connectivity index (χ1) is 9.96. The maximum atomic E-state index is 13.5.